The summed E-state index contributed by atoms with van der Waals surface area (Å²) in [5.41, 5.74) is 1.00. The highest BCUT2D eigenvalue weighted by Crippen LogP contribution is 2.10. The second-order valence-corrected chi connectivity index (χ2v) is 4.80. The summed E-state index contributed by atoms with van der Waals surface area (Å²) in [5, 5.41) is 12.1. The van der Waals surface area contributed by atoms with E-state index in [0.717, 1.165) is 30.8 Å². The molecular weight excluding hydrogens is 236 g/mol. The second-order valence-electron chi connectivity index (χ2n) is 3.81. The Hall–Kier alpha value is -1.23. The van der Waals surface area contributed by atoms with Crippen molar-refractivity contribution >= 4 is 23.5 Å². The van der Waals surface area contributed by atoms with Crippen LogP contribution in [0.15, 0.2) is 12.1 Å². The minimum atomic E-state index is -0.916. The standard InChI is InChI=1S/C12H18N2O2S/c1-9-7-10(12(15)16)8-11(14-9)13-5-3-4-6-17-2/h7-8H,3-6H2,1-2H3,(H,13,14)(H,15,16). The highest BCUT2D eigenvalue weighted by atomic mass is 32.2. The maximum Gasteiger partial charge on any atom is 0.335 e. The van der Waals surface area contributed by atoms with Crippen LogP contribution in [-0.4, -0.2) is 34.6 Å². The van der Waals surface area contributed by atoms with Gasteiger partial charge in [-0.3, -0.25) is 0 Å². The first-order valence-electron chi connectivity index (χ1n) is 5.58. The number of rotatable bonds is 7. The van der Waals surface area contributed by atoms with Gasteiger partial charge in [-0.05, 0) is 43.9 Å². The van der Waals surface area contributed by atoms with E-state index in [1.165, 1.54) is 0 Å². The Morgan fingerprint density at radius 3 is 2.88 bits per heavy atom. The van der Waals surface area contributed by atoms with E-state index in [9.17, 15) is 4.79 Å². The number of anilines is 1. The summed E-state index contributed by atoms with van der Waals surface area (Å²) in [6.07, 6.45) is 4.32. The van der Waals surface area contributed by atoms with Crippen LogP contribution in [0.2, 0.25) is 0 Å². The first-order valence-corrected chi connectivity index (χ1v) is 6.97. The lowest BCUT2D eigenvalue weighted by atomic mass is 10.2. The lowest BCUT2D eigenvalue weighted by molar-refractivity contribution is 0.0696. The zero-order valence-electron chi connectivity index (χ0n) is 10.2. The Balaban J connectivity index is 2.50. The summed E-state index contributed by atoms with van der Waals surface area (Å²) < 4.78 is 0. The van der Waals surface area contributed by atoms with Gasteiger partial charge in [-0.2, -0.15) is 11.8 Å². The maximum atomic E-state index is 10.9. The lowest BCUT2D eigenvalue weighted by Gasteiger charge is -2.07. The molecule has 2 N–H and O–H groups in total. The number of unbranched alkanes of at least 4 members (excludes halogenated alkanes) is 1. The van der Waals surface area contributed by atoms with Gasteiger partial charge in [0.05, 0.1) is 5.56 Å². The summed E-state index contributed by atoms with van der Waals surface area (Å²) in [7, 11) is 0. The molecule has 0 saturated carbocycles. The number of pyridine rings is 1. The monoisotopic (exact) mass is 254 g/mol. The van der Waals surface area contributed by atoms with E-state index in [1.807, 2.05) is 11.8 Å². The number of hydrogen-bond acceptors (Lipinski definition) is 4. The van der Waals surface area contributed by atoms with Crippen LogP contribution in [0.5, 0.6) is 0 Å². The van der Waals surface area contributed by atoms with Gasteiger partial charge in [0, 0.05) is 12.2 Å². The van der Waals surface area contributed by atoms with Gasteiger partial charge in [0.25, 0.3) is 0 Å². The van der Waals surface area contributed by atoms with Crippen molar-refractivity contribution in [2.24, 2.45) is 0 Å². The number of carboxylic acids is 1. The molecule has 0 saturated heterocycles. The van der Waals surface area contributed by atoms with Crippen LogP contribution < -0.4 is 5.32 Å². The van der Waals surface area contributed by atoms with Crippen molar-refractivity contribution in [1.82, 2.24) is 4.98 Å². The molecule has 0 atom stereocenters. The normalized spacial score (nSPS) is 10.2. The van der Waals surface area contributed by atoms with E-state index in [-0.39, 0.29) is 5.56 Å². The molecule has 1 aromatic rings. The molecule has 0 radical (unpaired) electrons. The van der Waals surface area contributed by atoms with Crippen molar-refractivity contribution in [3.63, 3.8) is 0 Å². The smallest absolute Gasteiger partial charge is 0.335 e. The molecule has 0 aromatic carbocycles. The SMILES string of the molecule is CSCCCCNc1cc(C(=O)O)cc(C)n1. The molecule has 94 valence electrons. The number of hydrogen-bond donors (Lipinski definition) is 2. The van der Waals surface area contributed by atoms with E-state index in [4.69, 9.17) is 5.11 Å². The number of aromatic carboxylic acids is 1. The summed E-state index contributed by atoms with van der Waals surface area (Å²) in [4.78, 5) is 15.1. The van der Waals surface area contributed by atoms with Crippen molar-refractivity contribution in [1.29, 1.82) is 0 Å². The van der Waals surface area contributed by atoms with E-state index < -0.39 is 5.97 Å². The fourth-order valence-corrected chi connectivity index (χ4v) is 1.96. The average molecular weight is 254 g/mol. The largest absolute Gasteiger partial charge is 0.478 e. The van der Waals surface area contributed by atoms with Crippen molar-refractivity contribution in [3.05, 3.63) is 23.4 Å². The van der Waals surface area contributed by atoms with Crippen LogP contribution in [0.25, 0.3) is 0 Å². The molecule has 0 aliphatic rings. The van der Waals surface area contributed by atoms with E-state index in [1.54, 1.807) is 19.1 Å². The molecule has 0 aliphatic carbocycles. The van der Waals surface area contributed by atoms with E-state index in [0.29, 0.717) is 5.82 Å². The quantitative estimate of drug-likeness (QED) is 0.732. The van der Waals surface area contributed by atoms with Crippen LogP contribution in [-0.2, 0) is 0 Å². The van der Waals surface area contributed by atoms with Crippen LogP contribution in [0.4, 0.5) is 5.82 Å². The van der Waals surface area contributed by atoms with E-state index in [2.05, 4.69) is 16.6 Å². The number of carboxylic acid groups (broad SMARTS) is 1. The van der Waals surface area contributed by atoms with Crippen molar-refractivity contribution in [2.45, 2.75) is 19.8 Å². The minimum absolute atomic E-state index is 0.282. The number of aryl methyl sites for hydroxylation is 1. The Morgan fingerprint density at radius 2 is 2.24 bits per heavy atom. The molecular formula is C12H18N2O2S. The van der Waals surface area contributed by atoms with Crippen molar-refractivity contribution in [3.8, 4) is 0 Å². The molecule has 0 spiro atoms. The topological polar surface area (TPSA) is 62.2 Å². The lowest BCUT2D eigenvalue weighted by Crippen LogP contribution is -2.06. The third-order valence-electron chi connectivity index (χ3n) is 2.28. The maximum absolute atomic E-state index is 10.9. The molecule has 1 rings (SSSR count). The number of carbonyl (C=O) groups is 1. The van der Waals surface area contributed by atoms with Gasteiger partial charge in [0.2, 0.25) is 0 Å². The predicted octanol–water partition coefficient (Wildman–Crippen LogP) is 2.64. The van der Waals surface area contributed by atoms with Gasteiger partial charge >= 0.3 is 5.97 Å². The van der Waals surface area contributed by atoms with Gasteiger partial charge in [0.15, 0.2) is 0 Å². The summed E-state index contributed by atoms with van der Waals surface area (Å²) >= 11 is 1.84. The molecule has 5 heteroatoms. The van der Waals surface area contributed by atoms with Crippen LogP contribution in [0.3, 0.4) is 0 Å². The first-order chi connectivity index (χ1) is 8.13. The van der Waals surface area contributed by atoms with Gasteiger partial charge < -0.3 is 10.4 Å². The molecule has 4 nitrogen and oxygen atoms in total. The highest BCUT2D eigenvalue weighted by Gasteiger charge is 2.05. The van der Waals surface area contributed by atoms with Gasteiger partial charge in [-0.25, -0.2) is 9.78 Å². The number of nitrogens with one attached hydrogen (secondary N) is 1. The molecule has 0 fully saturated rings. The van der Waals surface area contributed by atoms with Crippen LogP contribution in [0, 0.1) is 6.92 Å². The summed E-state index contributed by atoms with van der Waals surface area (Å²) in [6.45, 7) is 2.63. The third-order valence-corrected chi connectivity index (χ3v) is 2.98. The van der Waals surface area contributed by atoms with Gasteiger partial charge in [-0.1, -0.05) is 0 Å². The highest BCUT2D eigenvalue weighted by molar-refractivity contribution is 7.98. The Kier molecular flexibility index (Phi) is 5.83. The summed E-state index contributed by atoms with van der Waals surface area (Å²) in [6, 6.07) is 3.14. The first kappa shape index (κ1) is 13.8. The zero-order chi connectivity index (χ0) is 12.7. The van der Waals surface area contributed by atoms with Crippen molar-refractivity contribution in [2.75, 3.05) is 23.9 Å². The molecule has 0 aliphatic heterocycles. The van der Waals surface area contributed by atoms with Gasteiger partial charge in [-0.15, -0.1) is 0 Å². The summed E-state index contributed by atoms with van der Waals surface area (Å²) in [5.74, 6) is 0.885. The third kappa shape index (κ3) is 5.08. The molecule has 1 heterocycles. The fourth-order valence-electron chi connectivity index (χ4n) is 1.47. The molecule has 0 amide bonds. The Morgan fingerprint density at radius 1 is 1.47 bits per heavy atom. The number of nitrogens with zero attached hydrogens (tertiary/aromatic N) is 1. The minimum Gasteiger partial charge on any atom is -0.478 e. The average Bonchev–Trinajstić information content (AvgIpc) is 2.28. The fraction of sp³-hybridized carbons (Fsp3) is 0.500. The van der Waals surface area contributed by atoms with Crippen LogP contribution >= 0.6 is 11.8 Å². The van der Waals surface area contributed by atoms with E-state index >= 15 is 0 Å². The van der Waals surface area contributed by atoms with Gasteiger partial charge in [0.1, 0.15) is 5.82 Å². The van der Waals surface area contributed by atoms with Crippen LogP contribution in [0.1, 0.15) is 28.9 Å². The number of aromatic nitrogens is 1. The van der Waals surface area contributed by atoms with Crippen molar-refractivity contribution < 1.29 is 9.90 Å². The molecule has 0 unspecified atom stereocenters. The molecule has 0 bridgehead atoms. The second kappa shape index (κ2) is 7.17. The zero-order valence-corrected chi connectivity index (χ0v) is 11.0. The Labute approximate surface area is 106 Å². The molecule has 1 aromatic heterocycles. The Bertz CT molecular complexity index is 383. The number of thioether (sulfide) groups is 1. The molecule has 17 heavy (non-hydrogen) atoms. The predicted molar refractivity (Wildman–Crippen MR) is 72.0 cm³/mol.